The minimum Gasteiger partial charge on any atom is -0.265 e. The van der Waals surface area contributed by atoms with Gasteiger partial charge in [0.2, 0.25) is 0 Å². The normalized spacial score (nSPS) is 10.0. The topological polar surface area (TPSA) is 58.2 Å². The Hall–Kier alpha value is -1.62. The molecule has 13 heavy (non-hydrogen) atoms. The lowest BCUT2D eigenvalue weighted by molar-refractivity contribution is -0.958. The maximum atomic E-state index is 10.9. The molecule has 0 aliphatic rings. The largest absolute Gasteiger partial charge is 0.290 e. The summed E-state index contributed by atoms with van der Waals surface area (Å²) in [7, 11) is 3.20. The summed E-state index contributed by atoms with van der Waals surface area (Å²) in [5, 5.41) is 0. The van der Waals surface area contributed by atoms with E-state index in [0.717, 1.165) is 12.2 Å². The van der Waals surface area contributed by atoms with Gasteiger partial charge in [0.1, 0.15) is 14.1 Å². The highest BCUT2D eigenvalue weighted by Gasteiger charge is 2.18. The van der Waals surface area contributed by atoms with Crippen LogP contribution in [0.1, 0.15) is 0 Å². The van der Waals surface area contributed by atoms with Crippen molar-refractivity contribution in [3.63, 3.8) is 0 Å². The molecule has 72 valence electrons. The molecule has 0 aliphatic heterocycles. The van der Waals surface area contributed by atoms with Crippen molar-refractivity contribution < 1.29 is 14.3 Å². The Morgan fingerprint density at radius 3 is 1.62 bits per heavy atom. The standard InChI is InChI=1S/C8H13N3O2/c1-5-7(12)9-11(3,4)10-8(13)6-2/h5-6H,1-2H2,3-4H3,(H-,9,10,12,13)/p+1. The van der Waals surface area contributed by atoms with Gasteiger partial charge in [0, 0.05) is 12.2 Å². The molecular formula is C8H14N3O2+. The Morgan fingerprint density at radius 2 is 1.38 bits per heavy atom. The first-order valence-electron chi connectivity index (χ1n) is 3.64. The van der Waals surface area contributed by atoms with Crippen molar-refractivity contribution in [2.75, 3.05) is 14.1 Å². The SMILES string of the molecule is C=CC(=O)N[N+](C)(C)NC(=O)C=C. The molecule has 0 saturated carbocycles. The number of hydrogen-bond donors (Lipinski definition) is 2. The molecule has 0 spiro atoms. The molecule has 0 unspecified atom stereocenters. The van der Waals surface area contributed by atoms with Gasteiger partial charge in [-0.2, -0.15) is 10.9 Å². The highest BCUT2D eigenvalue weighted by molar-refractivity contribution is 5.87. The number of hydrogen-bond acceptors (Lipinski definition) is 2. The molecule has 0 heterocycles. The van der Waals surface area contributed by atoms with Crippen LogP contribution in [-0.2, 0) is 9.59 Å². The Balaban J connectivity index is 4.22. The van der Waals surface area contributed by atoms with Gasteiger partial charge in [-0.15, -0.1) is 4.70 Å². The fourth-order valence-corrected chi connectivity index (χ4v) is 0.670. The van der Waals surface area contributed by atoms with E-state index in [-0.39, 0.29) is 16.5 Å². The summed E-state index contributed by atoms with van der Waals surface area (Å²) >= 11 is 0. The summed E-state index contributed by atoms with van der Waals surface area (Å²) in [6.45, 7) is 6.58. The lowest BCUT2D eigenvalue weighted by Crippen LogP contribution is -2.63. The van der Waals surface area contributed by atoms with E-state index in [1.807, 2.05) is 0 Å². The van der Waals surface area contributed by atoms with Gasteiger partial charge >= 0.3 is 0 Å². The Morgan fingerprint density at radius 1 is 1.08 bits per heavy atom. The number of carbonyl (C=O) groups excluding carboxylic acids is 2. The maximum Gasteiger partial charge on any atom is 0.290 e. The van der Waals surface area contributed by atoms with Crippen molar-refractivity contribution in [3.05, 3.63) is 25.3 Å². The minimum atomic E-state index is -0.366. The van der Waals surface area contributed by atoms with Gasteiger partial charge in [0.15, 0.2) is 0 Å². The van der Waals surface area contributed by atoms with E-state index in [9.17, 15) is 9.59 Å². The van der Waals surface area contributed by atoms with Crippen molar-refractivity contribution in [2.45, 2.75) is 0 Å². The van der Waals surface area contributed by atoms with E-state index in [4.69, 9.17) is 0 Å². The zero-order chi connectivity index (χ0) is 10.5. The van der Waals surface area contributed by atoms with Crippen LogP contribution in [0.15, 0.2) is 25.3 Å². The first kappa shape index (κ1) is 11.4. The molecule has 0 aromatic rings. The van der Waals surface area contributed by atoms with Gasteiger partial charge in [-0.05, 0) is 0 Å². The smallest absolute Gasteiger partial charge is 0.265 e. The molecule has 2 N–H and O–H groups in total. The first-order chi connectivity index (χ1) is 5.91. The predicted octanol–water partition coefficient (Wildman–Crippen LogP) is -0.503. The third kappa shape index (κ3) is 4.76. The van der Waals surface area contributed by atoms with Crippen LogP contribution in [0.4, 0.5) is 0 Å². The molecule has 0 bridgehead atoms. The fraction of sp³-hybridized carbons (Fsp3) is 0.250. The van der Waals surface area contributed by atoms with Crippen LogP contribution in [0, 0.1) is 0 Å². The zero-order valence-electron chi connectivity index (χ0n) is 7.83. The Bertz CT molecular complexity index is 222. The number of nitrogens with one attached hydrogen (secondary N) is 2. The van der Waals surface area contributed by atoms with Crippen molar-refractivity contribution in [1.82, 2.24) is 10.9 Å². The first-order valence-corrected chi connectivity index (χ1v) is 3.64. The molecule has 0 saturated heterocycles. The molecule has 2 amide bonds. The average Bonchev–Trinajstić information content (AvgIpc) is 2.02. The van der Waals surface area contributed by atoms with E-state index in [0.29, 0.717) is 0 Å². The Labute approximate surface area is 77.2 Å². The fourth-order valence-electron chi connectivity index (χ4n) is 0.670. The predicted molar refractivity (Wildman–Crippen MR) is 48.8 cm³/mol. The number of rotatable bonds is 4. The van der Waals surface area contributed by atoms with E-state index in [1.54, 1.807) is 14.1 Å². The number of nitrogens with zero attached hydrogens (tertiary/aromatic N) is 1. The molecule has 0 fully saturated rings. The third-order valence-electron chi connectivity index (χ3n) is 1.15. The van der Waals surface area contributed by atoms with E-state index in [2.05, 4.69) is 24.0 Å². The molecule has 0 aromatic heterocycles. The summed E-state index contributed by atoms with van der Waals surface area (Å²) in [6.07, 6.45) is 2.25. The van der Waals surface area contributed by atoms with Gasteiger partial charge in [-0.25, -0.2) is 0 Å². The maximum absolute atomic E-state index is 10.9. The minimum absolute atomic E-state index is 0.157. The lowest BCUT2D eigenvalue weighted by atomic mass is 10.6. The highest BCUT2D eigenvalue weighted by Crippen LogP contribution is 1.84. The highest BCUT2D eigenvalue weighted by atomic mass is 16.2. The van der Waals surface area contributed by atoms with Crippen molar-refractivity contribution in [1.29, 1.82) is 0 Å². The molecule has 0 rings (SSSR count). The van der Waals surface area contributed by atoms with E-state index < -0.39 is 0 Å². The summed E-state index contributed by atoms with van der Waals surface area (Å²) in [4.78, 5) is 21.8. The van der Waals surface area contributed by atoms with Crippen LogP contribution >= 0.6 is 0 Å². The molecule has 0 radical (unpaired) electrons. The van der Waals surface area contributed by atoms with Crippen LogP contribution in [0.5, 0.6) is 0 Å². The lowest BCUT2D eigenvalue weighted by Gasteiger charge is -2.26. The van der Waals surface area contributed by atoms with E-state index >= 15 is 0 Å². The second-order valence-corrected chi connectivity index (χ2v) is 2.81. The second-order valence-electron chi connectivity index (χ2n) is 2.81. The summed E-state index contributed by atoms with van der Waals surface area (Å²) in [6, 6.07) is 0. The van der Waals surface area contributed by atoms with Gasteiger partial charge in [-0.3, -0.25) is 9.59 Å². The van der Waals surface area contributed by atoms with Crippen molar-refractivity contribution in [3.8, 4) is 0 Å². The Kier molecular flexibility index (Phi) is 3.87. The molecule has 5 heteroatoms. The third-order valence-corrected chi connectivity index (χ3v) is 1.15. The van der Waals surface area contributed by atoms with Crippen molar-refractivity contribution >= 4 is 11.8 Å². The number of carbonyl (C=O) groups is 2. The summed E-state index contributed by atoms with van der Waals surface area (Å²) in [5.41, 5.74) is 4.94. The summed E-state index contributed by atoms with van der Waals surface area (Å²) < 4.78 is -0.157. The van der Waals surface area contributed by atoms with E-state index in [1.165, 1.54) is 0 Å². The quantitative estimate of drug-likeness (QED) is 0.351. The molecule has 5 nitrogen and oxygen atoms in total. The average molecular weight is 184 g/mol. The zero-order valence-corrected chi connectivity index (χ0v) is 7.83. The molecular weight excluding hydrogens is 170 g/mol. The number of quaternary nitrogens is 1. The van der Waals surface area contributed by atoms with Crippen LogP contribution < -0.4 is 10.9 Å². The van der Waals surface area contributed by atoms with Crippen LogP contribution in [-0.4, -0.2) is 30.6 Å². The summed E-state index contributed by atoms with van der Waals surface area (Å²) in [5.74, 6) is -0.733. The van der Waals surface area contributed by atoms with Gasteiger partial charge in [-0.1, -0.05) is 13.2 Å². The molecule has 0 aromatic carbocycles. The van der Waals surface area contributed by atoms with Crippen LogP contribution in [0.3, 0.4) is 0 Å². The van der Waals surface area contributed by atoms with Gasteiger partial charge in [0.05, 0.1) is 0 Å². The van der Waals surface area contributed by atoms with Gasteiger partial charge < -0.3 is 0 Å². The second kappa shape index (κ2) is 4.42. The van der Waals surface area contributed by atoms with Crippen LogP contribution in [0.2, 0.25) is 0 Å². The van der Waals surface area contributed by atoms with Gasteiger partial charge in [0.25, 0.3) is 11.8 Å². The molecule has 0 atom stereocenters. The van der Waals surface area contributed by atoms with Crippen LogP contribution in [0.25, 0.3) is 0 Å². The number of amides is 2. The molecule has 0 aliphatic carbocycles. The monoisotopic (exact) mass is 184 g/mol. The van der Waals surface area contributed by atoms with Crippen molar-refractivity contribution in [2.24, 2.45) is 0 Å².